The first-order valence-corrected chi connectivity index (χ1v) is 12.5. The summed E-state index contributed by atoms with van der Waals surface area (Å²) in [7, 11) is -31.1. The summed E-state index contributed by atoms with van der Waals surface area (Å²) in [6, 6.07) is 0. The minimum Gasteiger partial charge on any atom is -0.290 e. The van der Waals surface area contributed by atoms with E-state index in [0.29, 0.717) is 0 Å². The SMILES string of the molecule is O=C(C=C(S(=O)(=O)C(F)(F)F)S(=O)(=O)C(F)(F)F)C=C(S(=O)(=O)C(F)(F)F)S(=O)(=O)C(F)(F)F. The third-order valence-corrected chi connectivity index (χ3v) is 10.5. The van der Waals surface area contributed by atoms with Crippen LogP contribution >= 0.6 is 0 Å². The van der Waals surface area contributed by atoms with Gasteiger partial charge < -0.3 is 0 Å². The van der Waals surface area contributed by atoms with E-state index in [1.54, 1.807) is 0 Å². The number of halogens is 12. The molecule has 0 saturated heterocycles. The maximum atomic E-state index is 12.5. The van der Waals surface area contributed by atoms with Gasteiger partial charge >= 0.3 is 22.0 Å². The summed E-state index contributed by atoms with van der Waals surface area (Å²) in [4.78, 5) is 11.5. The second kappa shape index (κ2) is 8.65. The van der Waals surface area contributed by atoms with Gasteiger partial charge in [0.15, 0.2) is 14.3 Å². The van der Waals surface area contributed by atoms with Gasteiger partial charge in [-0.05, 0) is 0 Å². The Kier molecular flexibility index (Phi) is 8.17. The summed E-state index contributed by atoms with van der Waals surface area (Å²) in [6.45, 7) is 0. The third-order valence-electron chi connectivity index (χ3n) is 2.80. The minimum absolute atomic E-state index is 1.89. The summed E-state index contributed by atoms with van der Waals surface area (Å²) in [5.41, 5.74) is -27.9. The van der Waals surface area contributed by atoms with Gasteiger partial charge in [-0.2, -0.15) is 52.7 Å². The zero-order chi connectivity index (χ0) is 28.1. The lowest BCUT2D eigenvalue weighted by molar-refractivity contribution is -0.110. The molecule has 0 rings (SSSR count). The molecule has 0 saturated carbocycles. The van der Waals surface area contributed by atoms with E-state index >= 15 is 0 Å². The van der Waals surface area contributed by atoms with Crippen LogP contribution in [0.1, 0.15) is 0 Å². The number of carbonyl (C=O) groups excluding carboxylic acids is 1. The number of allylic oxidation sites excluding steroid dienone is 2. The molecule has 0 atom stereocenters. The Balaban J connectivity index is 7.69. The van der Waals surface area contributed by atoms with Crippen LogP contribution in [0.25, 0.3) is 0 Å². The molecule has 0 fully saturated rings. The molecule has 0 aromatic carbocycles. The monoisotopic (exact) mass is 610 g/mol. The van der Waals surface area contributed by atoms with Gasteiger partial charge in [-0.3, -0.25) is 4.79 Å². The molecular formula is C9H2F12O9S4. The summed E-state index contributed by atoms with van der Waals surface area (Å²) < 4.78 is 231. The lowest BCUT2D eigenvalue weighted by atomic mass is 10.4. The van der Waals surface area contributed by atoms with Crippen molar-refractivity contribution in [1.82, 2.24) is 0 Å². The van der Waals surface area contributed by atoms with Gasteiger partial charge in [0.25, 0.3) is 39.3 Å². The lowest BCUT2D eigenvalue weighted by Crippen LogP contribution is -2.35. The zero-order valence-electron chi connectivity index (χ0n) is 14.5. The van der Waals surface area contributed by atoms with E-state index in [0.717, 1.165) is 0 Å². The average Bonchev–Trinajstić information content (AvgIpc) is 2.52. The number of hydrogen-bond donors (Lipinski definition) is 0. The number of alkyl halides is 12. The van der Waals surface area contributed by atoms with Gasteiger partial charge in [-0.1, -0.05) is 0 Å². The van der Waals surface area contributed by atoms with Gasteiger partial charge in [-0.15, -0.1) is 0 Å². The van der Waals surface area contributed by atoms with Crippen molar-refractivity contribution < 1.29 is 91.2 Å². The Hall–Kier alpha value is -1.89. The van der Waals surface area contributed by atoms with Crippen LogP contribution < -0.4 is 0 Å². The zero-order valence-corrected chi connectivity index (χ0v) is 17.8. The first kappa shape index (κ1) is 32.1. The Morgan fingerprint density at radius 1 is 0.412 bits per heavy atom. The molecule has 0 N–H and O–H groups in total. The smallest absolute Gasteiger partial charge is 0.290 e. The van der Waals surface area contributed by atoms with Crippen molar-refractivity contribution in [2.24, 2.45) is 0 Å². The van der Waals surface area contributed by atoms with Crippen LogP contribution in [0, 0.1) is 0 Å². The highest BCUT2D eigenvalue weighted by Gasteiger charge is 2.61. The number of rotatable bonds is 6. The predicted molar refractivity (Wildman–Crippen MR) is 81.1 cm³/mol. The molecule has 9 nitrogen and oxygen atoms in total. The standard InChI is InChI=1S/C9H2F12O9S4/c10-6(11,12)31(23,24)4(32(25,26)7(13,14)15)1-3(22)2-5(33(27,28)8(16,17)18)34(29,30)9(19,20)21/h1-2H. The largest absolute Gasteiger partial charge is 0.502 e. The van der Waals surface area contributed by atoms with Gasteiger partial charge in [0.1, 0.15) is 0 Å². The van der Waals surface area contributed by atoms with Crippen LogP contribution in [0.15, 0.2) is 20.6 Å². The van der Waals surface area contributed by atoms with Gasteiger partial charge in [0.05, 0.1) is 0 Å². The van der Waals surface area contributed by atoms with E-state index in [-0.39, 0.29) is 0 Å². The maximum Gasteiger partial charge on any atom is 0.502 e. The van der Waals surface area contributed by atoms with Crippen LogP contribution in [0.3, 0.4) is 0 Å². The molecule has 0 spiro atoms. The first-order chi connectivity index (χ1) is 14.4. The summed E-state index contributed by atoms with van der Waals surface area (Å²) in [6.07, 6.45) is -3.77. The molecule has 0 unspecified atom stereocenters. The fraction of sp³-hybridized carbons (Fsp3) is 0.444. The quantitative estimate of drug-likeness (QED) is 0.325. The van der Waals surface area contributed by atoms with Crippen molar-refractivity contribution >= 4 is 45.1 Å². The molecule has 0 aliphatic heterocycles. The molecular weight excluding hydrogens is 608 g/mol. The molecule has 34 heavy (non-hydrogen) atoms. The number of ketones is 1. The second-order valence-electron chi connectivity index (χ2n) is 5.13. The number of sulfone groups is 4. The van der Waals surface area contributed by atoms with Gasteiger partial charge in [0.2, 0.25) is 0 Å². The van der Waals surface area contributed by atoms with E-state index in [9.17, 15) is 91.2 Å². The average molecular weight is 610 g/mol. The number of carbonyl (C=O) groups is 1. The van der Waals surface area contributed by atoms with E-state index in [2.05, 4.69) is 0 Å². The Labute approximate surface area is 179 Å². The van der Waals surface area contributed by atoms with E-state index in [4.69, 9.17) is 0 Å². The topological polar surface area (TPSA) is 154 Å². The van der Waals surface area contributed by atoms with Crippen LogP contribution in [-0.4, -0.2) is 61.5 Å². The van der Waals surface area contributed by atoms with Crippen molar-refractivity contribution in [3.8, 4) is 0 Å². The van der Waals surface area contributed by atoms with Crippen molar-refractivity contribution in [3.63, 3.8) is 0 Å². The van der Waals surface area contributed by atoms with Crippen LogP contribution in [-0.2, 0) is 44.1 Å². The van der Waals surface area contributed by atoms with Crippen molar-refractivity contribution in [1.29, 1.82) is 0 Å². The summed E-state index contributed by atoms with van der Waals surface area (Å²) in [5.74, 6) is -3.40. The Morgan fingerprint density at radius 3 is 0.676 bits per heavy atom. The van der Waals surface area contributed by atoms with Gasteiger partial charge in [0, 0.05) is 12.2 Å². The van der Waals surface area contributed by atoms with Crippen LogP contribution in [0.4, 0.5) is 52.7 Å². The Morgan fingerprint density at radius 2 is 0.559 bits per heavy atom. The normalized spacial score (nSPS) is 14.9. The number of hydrogen-bond acceptors (Lipinski definition) is 9. The molecule has 0 aliphatic rings. The molecule has 25 heteroatoms. The fourth-order valence-corrected chi connectivity index (χ4v) is 6.77. The molecule has 0 heterocycles. The minimum atomic E-state index is -7.78. The second-order valence-corrected chi connectivity index (χ2v) is 13.3. The highest BCUT2D eigenvalue weighted by atomic mass is 32.3. The van der Waals surface area contributed by atoms with Crippen molar-refractivity contribution in [2.75, 3.05) is 0 Å². The molecule has 0 radical (unpaired) electrons. The maximum absolute atomic E-state index is 12.5. The molecule has 200 valence electrons. The van der Waals surface area contributed by atoms with Gasteiger partial charge in [-0.25, -0.2) is 33.7 Å². The van der Waals surface area contributed by atoms with E-state index in [1.165, 1.54) is 0 Å². The highest BCUT2D eigenvalue weighted by molar-refractivity contribution is 8.15. The molecule has 0 bridgehead atoms. The van der Waals surface area contributed by atoms with E-state index < -0.39 is 87.8 Å². The third kappa shape index (κ3) is 5.84. The Bertz CT molecular complexity index is 1140. The highest BCUT2D eigenvalue weighted by Crippen LogP contribution is 2.40. The van der Waals surface area contributed by atoms with E-state index in [1.807, 2.05) is 0 Å². The molecule has 0 amide bonds. The summed E-state index contributed by atoms with van der Waals surface area (Å²) in [5, 5.41) is 0. The lowest BCUT2D eigenvalue weighted by Gasteiger charge is -2.15. The van der Waals surface area contributed by atoms with Crippen LogP contribution in [0.2, 0.25) is 0 Å². The first-order valence-electron chi connectivity index (χ1n) is 6.59. The van der Waals surface area contributed by atoms with Crippen LogP contribution in [0.5, 0.6) is 0 Å². The molecule has 0 aliphatic carbocycles. The summed E-state index contributed by atoms with van der Waals surface area (Å²) >= 11 is 0. The van der Waals surface area contributed by atoms with Crippen molar-refractivity contribution in [3.05, 3.63) is 20.6 Å². The molecule has 0 aromatic rings. The predicted octanol–water partition coefficient (Wildman–Crippen LogP) is 1.98. The molecule has 0 aromatic heterocycles. The van der Waals surface area contributed by atoms with Crippen molar-refractivity contribution in [2.45, 2.75) is 22.0 Å². The fourth-order valence-electron chi connectivity index (χ4n) is 1.33.